The van der Waals surface area contributed by atoms with E-state index >= 15 is 0 Å². The molecule has 2 nitrogen and oxygen atoms in total. The van der Waals surface area contributed by atoms with Crippen LogP contribution in [0.1, 0.15) is 135 Å². The SMILES string of the molecule is CC1(C)c2ccccc2-c2cc(-c3ccccc3)c(N(c3ccc(C4CCCCC4)cc3)c3cc4ccc3CCc3ccc(c(N(c5ccccc5)c5ccc(C67CC8CC(CC(C8)C6)C7)cc5)c3)CC4)cc21. The Morgan fingerprint density at radius 1 is 0.411 bits per heavy atom. The zero-order valence-electron chi connectivity index (χ0n) is 43.1. The first kappa shape index (κ1) is 45.0. The molecule has 0 saturated heterocycles. The Balaban J connectivity index is 0.871. The van der Waals surface area contributed by atoms with Crippen LogP contribution in [-0.4, -0.2) is 0 Å². The number of benzene rings is 8. The largest absolute Gasteiger partial charge is 0.310 e. The van der Waals surface area contributed by atoms with Gasteiger partial charge in [0.15, 0.2) is 0 Å². The molecule has 8 aromatic carbocycles. The molecular weight excluding hydrogens is 881 g/mol. The summed E-state index contributed by atoms with van der Waals surface area (Å²) in [7, 11) is 0. The number of anilines is 6. The molecule has 0 aromatic heterocycles. The highest BCUT2D eigenvalue weighted by atomic mass is 15.2. The third kappa shape index (κ3) is 7.98. The zero-order valence-corrected chi connectivity index (χ0v) is 43.1. The second kappa shape index (κ2) is 18.1. The van der Waals surface area contributed by atoms with Crippen LogP contribution in [0.2, 0.25) is 0 Å². The monoisotopic (exact) mass is 951 g/mol. The second-order valence-electron chi connectivity index (χ2n) is 24.1. The molecule has 73 heavy (non-hydrogen) atoms. The molecular formula is C71H70N2. The van der Waals surface area contributed by atoms with E-state index in [2.05, 4.69) is 206 Å². The number of hydrogen-bond donors (Lipinski definition) is 0. The van der Waals surface area contributed by atoms with E-state index in [1.165, 1.54) is 166 Å². The predicted molar refractivity (Wildman–Crippen MR) is 306 cm³/mol. The van der Waals surface area contributed by atoms with Crippen molar-refractivity contribution in [3.8, 4) is 22.3 Å². The van der Waals surface area contributed by atoms with Gasteiger partial charge in [0.05, 0.1) is 5.69 Å². The first-order valence-electron chi connectivity index (χ1n) is 28.3. The van der Waals surface area contributed by atoms with Gasteiger partial charge in [0, 0.05) is 39.4 Å². The van der Waals surface area contributed by atoms with Crippen LogP contribution >= 0.6 is 0 Å². The summed E-state index contributed by atoms with van der Waals surface area (Å²) in [4.78, 5) is 5.23. The number of nitrogens with zero attached hydrogens (tertiary/aromatic N) is 2. The van der Waals surface area contributed by atoms with Crippen molar-refractivity contribution in [2.45, 2.75) is 127 Å². The summed E-state index contributed by atoms with van der Waals surface area (Å²) in [5.41, 5.74) is 24.5. The van der Waals surface area contributed by atoms with E-state index in [-0.39, 0.29) is 5.41 Å². The van der Waals surface area contributed by atoms with Crippen LogP contribution < -0.4 is 9.80 Å². The summed E-state index contributed by atoms with van der Waals surface area (Å²) in [6.45, 7) is 4.85. The number of hydrogen-bond acceptors (Lipinski definition) is 2. The fourth-order valence-corrected chi connectivity index (χ4v) is 15.9. The summed E-state index contributed by atoms with van der Waals surface area (Å²) in [6, 6.07) is 71.3. The van der Waals surface area contributed by atoms with Gasteiger partial charge in [-0.05, 0) is 228 Å². The zero-order chi connectivity index (χ0) is 48.7. The van der Waals surface area contributed by atoms with E-state index in [1.54, 1.807) is 5.56 Å². The van der Waals surface area contributed by atoms with E-state index in [0.29, 0.717) is 11.3 Å². The lowest BCUT2D eigenvalue weighted by atomic mass is 9.48. The fraction of sp³-hybridized carbons (Fsp3) is 0.324. The van der Waals surface area contributed by atoms with E-state index in [0.717, 1.165) is 43.4 Å². The van der Waals surface area contributed by atoms with Gasteiger partial charge in [-0.15, -0.1) is 0 Å². The highest BCUT2D eigenvalue weighted by molar-refractivity contribution is 5.95. The topological polar surface area (TPSA) is 6.48 Å². The van der Waals surface area contributed by atoms with Crippen LogP contribution in [0.5, 0.6) is 0 Å². The lowest BCUT2D eigenvalue weighted by Gasteiger charge is -2.57. The molecule has 0 atom stereocenters. The van der Waals surface area contributed by atoms with Crippen molar-refractivity contribution in [1.29, 1.82) is 0 Å². The molecule has 0 heterocycles. The molecule has 5 saturated carbocycles. The van der Waals surface area contributed by atoms with Crippen LogP contribution in [0.3, 0.4) is 0 Å². The Labute approximate surface area is 435 Å². The predicted octanol–water partition coefficient (Wildman–Crippen LogP) is 19.0. The Hall–Kier alpha value is -6.64. The Bertz CT molecular complexity index is 3280. The fourth-order valence-electron chi connectivity index (χ4n) is 15.9. The lowest BCUT2D eigenvalue weighted by molar-refractivity contribution is -0.00518. The van der Waals surface area contributed by atoms with Crippen LogP contribution in [0.15, 0.2) is 182 Å². The van der Waals surface area contributed by atoms with Crippen LogP contribution in [0.25, 0.3) is 22.3 Å². The minimum Gasteiger partial charge on any atom is -0.310 e. The first-order chi connectivity index (χ1) is 35.8. The second-order valence-corrected chi connectivity index (χ2v) is 24.1. The van der Waals surface area contributed by atoms with E-state index in [9.17, 15) is 0 Å². The van der Waals surface area contributed by atoms with Gasteiger partial charge in [-0.2, -0.15) is 0 Å². The van der Waals surface area contributed by atoms with Crippen molar-refractivity contribution in [2.24, 2.45) is 17.8 Å². The molecule has 364 valence electrons. The Kier molecular flexibility index (Phi) is 11.1. The average molecular weight is 951 g/mol. The number of fused-ring (bicyclic) bond motifs is 3. The van der Waals surface area contributed by atoms with Crippen molar-refractivity contribution < 1.29 is 0 Å². The summed E-state index contributed by atoms with van der Waals surface area (Å²) in [5, 5.41) is 0. The normalized spacial score (nSPS) is 22.4. The van der Waals surface area contributed by atoms with Crippen LogP contribution in [-0.2, 0) is 36.5 Å². The van der Waals surface area contributed by atoms with Gasteiger partial charge >= 0.3 is 0 Å². The molecule has 0 N–H and O–H groups in total. The number of aryl methyl sites for hydroxylation is 4. The summed E-state index contributed by atoms with van der Waals surface area (Å²) in [5.74, 6) is 3.47. The molecule has 0 aliphatic heterocycles. The highest BCUT2D eigenvalue weighted by Gasteiger charge is 2.51. The summed E-state index contributed by atoms with van der Waals surface area (Å²) >= 11 is 0. The maximum atomic E-state index is 2.66. The van der Waals surface area contributed by atoms with Gasteiger partial charge in [0.25, 0.3) is 0 Å². The summed E-state index contributed by atoms with van der Waals surface area (Å²) < 4.78 is 0. The van der Waals surface area contributed by atoms with Crippen molar-refractivity contribution in [1.82, 2.24) is 0 Å². The van der Waals surface area contributed by atoms with Gasteiger partial charge < -0.3 is 9.80 Å². The Morgan fingerprint density at radius 2 is 0.959 bits per heavy atom. The average Bonchev–Trinajstić information content (AvgIpc) is 3.66. The van der Waals surface area contributed by atoms with Gasteiger partial charge in [0.1, 0.15) is 0 Å². The molecule has 0 spiro atoms. The molecule has 0 radical (unpaired) electrons. The molecule has 0 amide bonds. The molecule has 2 heteroatoms. The number of rotatable bonds is 9. The highest BCUT2D eigenvalue weighted by Crippen LogP contribution is 2.61. The molecule has 10 aliphatic carbocycles. The van der Waals surface area contributed by atoms with E-state index < -0.39 is 0 Å². The van der Waals surface area contributed by atoms with Gasteiger partial charge in [-0.3, -0.25) is 0 Å². The molecule has 5 fully saturated rings. The smallest absolute Gasteiger partial charge is 0.0543 e. The van der Waals surface area contributed by atoms with Crippen LogP contribution in [0, 0.1) is 17.8 Å². The number of para-hydroxylation sites is 1. The maximum Gasteiger partial charge on any atom is 0.0543 e. The van der Waals surface area contributed by atoms with Gasteiger partial charge in [0.2, 0.25) is 0 Å². The van der Waals surface area contributed by atoms with Crippen LogP contribution in [0.4, 0.5) is 34.1 Å². The van der Waals surface area contributed by atoms with Gasteiger partial charge in [-0.1, -0.05) is 154 Å². The van der Waals surface area contributed by atoms with E-state index in [1.807, 2.05) is 0 Å². The molecule has 10 aliphatic rings. The van der Waals surface area contributed by atoms with E-state index in [4.69, 9.17) is 0 Å². The maximum absolute atomic E-state index is 2.66. The molecule has 18 rings (SSSR count). The van der Waals surface area contributed by atoms with Crippen molar-refractivity contribution >= 4 is 34.1 Å². The quantitative estimate of drug-likeness (QED) is 0.142. The van der Waals surface area contributed by atoms with Crippen molar-refractivity contribution in [3.05, 3.63) is 226 Å². The van der Waals surface area contributed by atoms with Gasteiger partial charge in [-0.25, -0.2) is 0 Å². The minimum absolute atomic E-state index is 0.137. The third-order valence-electron chi connectivity index (χ3n) is 19.2. The first-order valence-corrected chi connectivity index (χ1v) is 28.3. The summed E-state index contributed by atoms with van der Waals surface area (Å²) in [6.07, 6.45) is 19.0. The Morgan fingerprint density at radius 3 is 1.60 bits per heavy atom. The van der Waals surface area contributed by atoms with Crippen molar-refractivity contribution in [3.63, 3.8) is 0 Å². The standard InChI is InChI=1S/C71H70N2/c1-70(2)65-21-13-12-20-62(65)64-43-63(55-16-8-4-9-17-55)69(44-66(64)70)73(61-34-30-54(31-35-61)53-14-6-3-7-15-53)68-42-49-23-27-56-26-22-48(24-28-57(68)29-25-49)41-67(56)72(59-18-10-5-11-19-59)60-36-32-58(33-37-60)71-45-50-38-51(46-71)40-52(39-50)47-71/h4-5,8-13,16-22,25-26,29-37,41-44,50-53H,3,6-7,14-15,23-24,27-28,38-40,45-47H2,1-2H3. The van der Waals surface area contributed by atoms with Crippen molar-refractivity contribution in [2.75, 3.05) is 9.80 Å². The molecule has 8 bridgehead atoms. The molecule has 8 aromatic rings. The lowest BCUT2D eigenvalue weighted by Crippen LogP contribution is -2.48. The molecule has 0 unspecified atom stereocenters. The minimum atomic E-state index is -0.137. The third-order valence-corrected chi connectivity index (χ3v) is 19.2.